The normalized spacial score (nSPS) is 11.2. The Hall–Kier alpha value is -3.21. The van der Waals surface area contributed by atoms with E-state index in [9.17, 15) is 4.79 Å². The minimum atomic E-state index is -0.183. The zero-order chi connectivity index (χ0) is 19.7. The fraction of sp³-hybridized carbons (Fsp3) is 0.294. The second kappa shape index (κ2) is 7.43. The van der Waals surface area contributed by atoms with Crippen molar-refractivity contribution in [3.8, 4) is 11.4 Å². The van der Waals surface area contributed by atoms with Crippen molar-refractivity contribution in [3.05, 3.63) is 58.5 Å². The van der Waals surface area contributed by atoms with Crippen molar-refractivity contribution >= 4 is 11.8 Å². The van der Waals surface area contributed by atoms with Gasteiger partial charge in [0.1, 0.15) is 12.2 Å². The molecule has 10 nitrogen and oxygen atoms in total. The molecule has 0 aliphatic rings. The van der Waals surface area contributed by atoms with E-state index < -0.39 is 0 Å². The van der Waals surface area contributed by atoms with E-state index in [0.717, 1.165) is 23.8 Å². The monoisotopic (exact) mass is 397 g/mol. The van der Waals surface area contributed by atoms with Crippen LogP contribution in [-0.4, -0.2) is 44.3 Å². The molecule has 3 aromatic heterocycles. The molecule has 0 atom stereocenters. The van der Waals surface area contributed by atoms with Crippen LogP contribution in [0.5, 0.6) is 0 Å². The summed E-state index contributed by atoms with van der Waals surface area (Å²) < 4.78 is 6.86. The quantitative estimate of drug-likeness (QED) is 0.453. The Morgan fingerprint density at radius 3 is 2.68 bits per heavy atom. The highest BCUT2D eigenvalue weighted by atomic mass is 32.2. The smallest absolute Gasteiger partial charge is 0.297 e. The molecule has 11 heteroatoms. The molecule has 0 unspecified atom stereocenters. The summed E-state index contributed by atoms with van der Waals surface area (Å²) in [6, 6.07) is 9.48. The second-order valence-corrected chi connectivity index (χ2v) is 7.05. The summed E-state index contributed by atoms with van der Waals surface area (Å²) in [6.07, 6.45) is 1.69. The molecular weight excluding hydrogens is 378 g/mol. The van der Waals surface area contributed by atoms with E-state index in [4.69, 9.17) is 0 Å². The molecule has 144 valence electrons. The summed E-state index contributed by atoms with van der Waals surface area (Å²) in [5.41, 5.74) is 1.79. The Kier molecular flexibility index (Phi) is 4.82. The summed E-state index contributed by atoms with van der Waals surface area (Å²) in [6.45, 7) is 4.69. The lowest BCUT2D eigenvalue weighted by atomic mass is 10.3. The largest absolute Gasteiger partial charge is 0.317 e. The van der Waals surface area contributed by atoms with Crippen molar-refractivity contribution in [2.45, 2.75) is 31.3 Å². The van der Waals surface area contributed by atoms with Crippen LogP contribution in [0.3, 0.4) is 0 Å². The SMILES string of the molecule is CCn1cnnc1CSc1nnnn1-c1c(C)n(C)n(-c2ccccc2)c1=O. The zero-order valence-corrected chi connectivity index (χ0v) is 16.5. The van der Waals surface area contributed by atoms with Gasteiger partial charge in [-0.2, -0.15) is 4.68 Å². The first-order chi connectivity index (χ1) is 13.6. The standard InChI is InChI=1S/C17H19N9OS/c1-4-24-11-18-19-14(24)10-28-17-20-21-22-25(17)15-12(2)23(3)26(16(15)27)13-8-6-5-7-9-13/h5-9,11H,4,10H2,1-3H3. The molecule has 28 heavy (non-hydrogen) atoms. The number of para-hydroxylation sites is 1. The van der Waals surface area contributed by atoms with Gasteiger partial charge in [0.15, 0.2) is 5.69 Å². The van der Waals surface area contributed by atoms with Crippen LogP contribution in [-0.2, 0) is 19.3 Å². The third kappa shape index (κ3) is 3.03. The number of benzene rings is 1. The van der Waals surface area contributed by atoms with Gasteiger partial charge in [-0.3, -0.25) is 9.48 Å². The fourth-order valence-electron chi connectivity index (χ4n) is 2.99. The summed E-state index contributed by atoms with van der Waals surface area (Å²) in [7, 11) is 1.84. The van der Waals surface area contributed by atoms with E-state index in [2.05, 4.69) is 25.7 Å². The van der Waals surface area contributed by atoms with Crippen LogP contribution in [0.4, 0.5) is 0 Å². The number of aromatic nitrogens is 9. The lowest BCUT2D eigenvalue weighted by Crippen LogP contribution is -2.22. The molecule has 1 aromatic carbocycles. The fourth-order valence-corrected chi connectivity index (χ4v) is 3.82. The van der Waals surface area contributed by atoms with Gasteiger partial charge in [0.05, 0.1) is 17.1 Å². The van der Waals surface area contributed by atoms with Gasteiger partial charge in [0.25, 0.3) is 5.56 Å². The summed E-state index contributed by atoms with van der Waals surface area (Å²) in [5.74, 6) is 1.38. The molecule has 0 radical (unpaired) electrons. The maximum Gasteiger partial charge on any atom is 0.297 e. The number of thioether (sulfide) groups is 1. The summed E-state index contributed by atoms with van der Waals surface area (Å²) >= 11 is 1.41. The van der Waals surface area contributed by atoms with Gasteiger partial charge in [-0.25, -0.2) is 4.68 Å². The highest BCUT2D eigenvalue weighted by Gasteiger charge is 2.22. The number of hydrogen-bond acceptors (Lipinski definition) is 7. The van der Waals surface area contributed by atoms with Crippen molar-refractivity contribution in [2.75, 3.05) is 0 Å². The maximum atomic E-state index is 13.2. The average Bonchev–Trinajstić information content (AvgIpc) is 3.40. The third-order valence-electron chi connectivity index (χ3n) is 4.54. The molecule has 0 amide bonds. The van der Waals surface area contributed by atoms with Gasteiger partial charge in [-0.05, 0) is 36.4 Å². The van der Waals surface area contributed by atoms with Crippen LogP contribution < -0.4 is 5.56 Å². The first-order valence-electron chi connectivity index (χ1n) is 8.74. The van der Waals surface area contributed by atoms with E-state index in [1.807, 2.05) is 55.8 Å². The number of tetrazole rings is 1. The van der Waals surface area contributed by atoms with E-state index in [-0.39, 0.29) is 5.56 Å². The predicted octanol–water partition coefficient (Wildman–Crippen LogP) is 1.36. The molecule has 0 fully saturated rings. The van der Waals surface area contributed by atoms with Gasteiger partial charge in [-0.15, -0.1) is 15.3 Å². The van der Waals surface area contributed by atoms with Crippen molar-refractivity contribution < 1.29 is 0 Å². The molecule has 4 rings (SSSR count). The average molecular weight is 397 g/mol. The molecule has 0 N–H and O–H groups in total. The van der Waals surface area contributed by atoms with E-state index in [0.29, 0.717) is 16.6 Å². The summed E-state index contributed by atoms with van der Waals surface area (Å²) in [4.78, 5) is 13.2. The Morgan fingerprint density at radius 1 is 1.14 bits per heavy atom. The van der Waals surface area contributed by atoms with E-state index in [1.54, 1.807) is 15.7 Å². The molecule has 0 saturated carbocycles. The highest BCUT2D eigenvalue weighted by Crippen LogP contribution is 2.22. The Labute approximate surface area is 164 Å². The molecule has 0 saturated heterocycles. The van der Waals surface area contributed by atoms with Gasteiger partial charge in [0, 0.05) is 13.6 Å². The number of nitrogens with zero attached hydrogens (tertiary/aromatic N) is 9. The van der Waals surface area contributed by atoms with Crippen LogP contribution in [0, 0.1) is 6.92 Å². The van der Waals surface area contributed by atoms with Gasteiger partial charge < -0.3 is 4.57 Å². The number of hydrogen-bond donors (Lipinski definition) is 0. The van der Waals surface area contributed by atoms with E-state index >= 15 is 0 Å². The molecular formula is C17H19N9OS. The topological polar surface area (TPSA) is 101 Å². The van der Waals surface area contributed by atoms with Crippen molar-refractivity contribution in [3.63, 3.8) is 0 Å². The van der Waals surface area contributed by atoms with Crippen molar-refractivity contribution in [1.29, 1.82) is 0 Å². The zero-order valence-electron chi connectivity index (χ0n) is 15.7. The van der Waals surface area contributed by atoms with Crippen LogP contribution in [0.2, 0.25) is 0 Å². The molecule has 0 bridgehead atoms. The van der Waals surface area contributed by atoms with Gasteiger partial charge >= 0.3 is 0 Å². The Balaban J connectivity index is 1.72. The maximum absolute atomic E-state index is 13.2. The molecule has 0 aliphatic carbocycles. The van der Waals surface area contributed by atoms with Crippen LogP contribution in [0.15, 0.2) is 46.6 Å². The second-order valence-electron chi connectivity index (χ2n) is 6.11. The molecule has 3 heterocycles. The molecule has 0 spiro atoms. The minimum absolute atomic E-state index is 0.183. The number of aryl methyl sites for hydroxylation is 1. The number of rotatable bonds is 6. The first-order valence-corrected chi connectivity index (χ1v) is 9.72. The van der Waals surface area contributed by atoms with E-state index in [1.165, 1.54) is 16.4 Å². The van der Waals surface area contributed by atoms with Crippen LogP contribution in [0.25, 0.3) is 11.4 Å². The Bertz CT molecular complexity index is 1160. The lowest BCUT2D eigenvalue weighted by molar-refractivity contribution is 0.630. The predicted molar refractivity (Wildman–Crippen MR) is 104 cm³/mol. The van der Waals surface area contributed by atoms with Crippen molar-refractivity contribution in [2.24, 2.45) is 7.05 Å². The third-order valence-corrected chi connectivity index (χ3v) is 5.46. The molecule has 0 aliphatic heterocycles. The van der Waals surface area contributed by atoms with Gasteiger partial charge in [0.2, 0.25) is 5.16 Å². The van der Waals surface area contributed by atoms with Crippen molar-refractivity contribution in [1.82, 2.24) is 44.3 Å². The highest BCUT2D eigenvalue weighted by molar-refractivity contribution is 7.98. The van der Waals surface area contributed by atoms with Crippen LogP contribution >= 0.6 is 11.8 Å². The summed E-state index contributed by atoms with van der Waals surface area (Å²) in [5, 5.41) is 20.5. The van der Waals surface area contributed by atoms with Crippen LogP contribution in [0.1, 0.15) is 18.4 Å². The lowest BCUT2D eigenvalue weighted by Gasteiger charge is -2.07. The first kappa shape index (κ1) is 18.2. The Morgan fingerprint density at radius 2 is 1.93 bits per heavy atom. The van der Waals surface area contributed by atoms with Gasteiger partial charge in [-0.1, -0.05) is 30.0 Å². The minimum Gasteiger partial charge on any atom is -0.317 e. The molecule has 4 aromatic rings.